The molecule has 1 fully saturated rings. The molecule has 2 aromatic carbocycles. The molecule has 0 amide bonds. The molecule has 0 radical (unpaired) electrons. The van der Waals surface area contributed by atoms with Crippen molar-refractivity contribution in [2.45, 2.75) is 31.8 Å². The van der Waals surface area contributed by atoms with Crippen molar-refractivity contribution < 1.29 is 14.9 Å². The summed E-state index contributed by atoms with van der Waals surface area (Å²) in [7, 11) is 0. The van der Waals surface area contributed by atoms with E-state index in [1.165, 1.54) is 16.8 Å². The highest BCUT2D eigenvalue weighted by atomic mass is 16.5. The minimum absolute atomic E-state index is 0.219. The smallest absolute Gasteiger partial charge is 0.197 e. The van der Waals surface area contributed by atoms with E-state index in [1.54, 1.807) is 4.57 Å². The Morgan fingerprint density at radius 2 is 1.68 bits per heavy atom. The van der Waals surface area contributed by atoms with E-state index in [-0.39, 0.29) is 11.8 Å². The standard InChI is InChI=1S/C28H31N3O3/c32-27-23-12-11-21(20-7-2-1-3-8-20)17-24(23)28(33)31(27)14-6-13-29-15-16-30-22(18-29)19-34-26-10-5-4-9-25(26)30/h1-5,7-11,22,32-33H,6,12-19H2. The van der Waals surface area contributed by atoms with Crippen LogP contribution in [-0.4, -0.2) is 58.5 Å². The summed E-state index contributed by atoms with van der Waals surface area (Å²) in [5.41, 5.74) is 5.31. The number of hydrogen-bond donors (Lipinski definition) is 2. The maximum absolute atomic E-state index is 10.9. The van der Waals surface area contributed by atoms with E-state index in [0.29, 0.717) is 25.4 Å². The fourth-order valence-corrected chi connectivity index (χ4v) is 5.71. The van der Waals surface area contributed by atoms with Gasteiger partial charge in [-0.05, 0) is 42.7 Å². The number of aromatic hydroxyl groups is 2. The first kappa shape index (κ1) is 21.2. The highest BCUT2D eigenvalue weighted by molar-refractivity contribution is 5.72. The third-order valence-corrected chi connectivity index (χ3v) is 7.51. The maximum Gasteiger partial charge on any atom is 0.197 e. The molecular weight excluding hydrogens is 426 g/mol. The van der Waals surface area contributed by atoms with Crippen LogP contribution in [0.4, 0.5) is 5.69 Å². The van der Waals surface area contributed by atoms with E-state index >= 15 is 0 Å². The van der Waals surface area contributed by atoms with Crippen LogP contribution in [0.5, 0.6) is 17.5 Å². The van der Waals surface area contributed by atoms with Gasteiger partial charge in [0.05, 0.1) is 11.7 Å². The van der Waals surface area contributed by atoms with Crippen LogP contribution < -0.4 is 9.64 Å². The molecule has 3 aliphatic rings. The van der Waals surface area contributed by atoms with Gasteiger partial charge in [0.15, 0.2) is 11.8 Å². The molecule has 6 nitrogen and oxygen atoms in total. The Morgan fingerprint density at radius 1 is 0.882 bits per heavy atom. The molecule has 1 unspecified atom stereocenters. The van der Waals surface area contributed by atoms with Crippen molar-refractivity contribution in [2.75, 3.05) is 37.7 Å². The van der Waals surface area contributed by atoms with Crippen LogP contribution in [0.1, 0.15) is 23.1 Å². The Morgan fingerprint density at radius 3 is 2.56 bits per heavy atom. The number of para-hydroxylation sites is 2. The van der Waals surface area contributed by atoms with Crippen LogP contribution in [-0.2, 0) is 19.4 Å². The molecule has 176 valence electrons. The van der Waals surface area contributed by atoms with Crippen molar-refractivity contribution in [1.29, 1.82) is 0 Å². The van der Waals surface area contributed by atoms with Crippen LogP contribution in [0, 0.1) is 0 Å². The van der Waals surface area contributed by atoms with Gasteiger partial charge in [0, 0.05) is 43.7 Å². The van der Waals surface area contributed by atoms with E-state index in [2.05, 4.69) is 40.1 Å². The number of anilines is 1. The first-order valence-corrected chi connectivity index (χ1v) is 12.3. The summed E-state index contributed by atoms with van der Waals surface area (Å²) in [5.74, 6) is 1.42. The minimum Gasteiger partial charge on any atom is -0.494 e. The molecular formula is C28H31N3O3. The monoisotopic (exact) mass is 457 g/mol. The summed E-state index contributed by atoms with van der Waals surface area (Å²) in [4.78, 5) is 4.95. The number of fused-ring (bicyclic) bond motifs is 4. The minimum atomic E-state index is 0.219. The highest BCUT2D eigenvalue weighted by Crippen LogP contribution is 2.41. The molecule has 2 aliphatic heterocycles. The zero-order chi connectivity index (χ0) is 23.1. The van der Waals surface area contributed by atoms with E-state index in [1.807, 2.05) is 30.3 Å². The molecule has 3 aromatic rings. The number of allylic oxidation sites excluding steroid dienone is 2. The van der Waals surface area contributed by atoms with Crippen LogP contribution in [0.3, 0.4) is 0 Å². The Bertz CT molecular complexity index is 1220. The molecule has 34 heavy (non-hydrogen) atoms. The van der Waals surface area contributed by atoms with Gasteiger partial charge in [-0.25, -0.2) is 0 Å². The number of ether oxygens (including phenoxy) is 1. The zero-order valence-electron chi connectivity index (χ0n) is 19.4. The van der Waals surface area contributed by atoms with Crippen molar-refractivity contribution in [3.05, 3.63) is 77.4 Å². The molecule has 0 spiro atoms. The quantitative estimate of drug-likeness (QED) is 0.605. The number of benzene rings is 2. The number of hydrogen-bond acceptors (Lipinski definition) is 5. The lowest BCUT2D eigenvalue weighted by Crippen LogP contribution is -2.57. The predicted molar refractivity (Wildman–Crippen MR) is 134 cm³/mol. The van der Waals surface area contributed by atoms with Gasteiger partial charge >= 0.3 is 0 Å². The number of nitrogens with zero attached hydrogens (tertiary/aromatic N) is 3. The van der Waals surface area contributed by atoms with Crippen molar-refractivity contribution in [3.8, 4) is 17.5 Å². The third-order valence-electron chi connectivity index (χ3n) is 7.51. The molecule has 1 aromatic heterocycles. The maximum atomic E-state index is 10.9. The van der Waals surface area contributed by atoms with Crippen molar-refractivity contribution in [1.82, 2.24) is 9.47 Å². The van der Waals surface area contributed by atoms with Crippen molar-refractivity contribution in [2.24, 2.45) is 0 Å². The fraction of sp³-hybridized carbons (Fsp3) is 0.357. The molecule has 6 rings (SSSR count). The Kier molecular flexibility index (Phi) is 5.46. The molecule has 0 bridgehead atoms. The molecule has 6 heteroatoms. The zero-order valence-corrected chi connectivity index (χ0v) is 19.4. The first-order valence-electron chi connectivity index (χ1n) is 12.3. The average Bonchev–Trinajstić information content (AvgIpc) is 3.13. The van der Waals surface area contributed by atoms with E-state index in [9.17, 15) is 10.2 Å². The largest absolute Gasteiger partial charge is 0.494 e. The summed E-state index contributed by atoms with van der Waals surface area (Å²) in [6.07, 6.45) is 4.34. The van der Waals surface area contributed by atoms with Gasteiger partial charge in [0.1, 0.15) is 12.4 Å². The van der Waals surface area contributed by atoms with E-state index in [4.69, 9.17) is 4.74 Å². The number of aromatic nitrogens is 1. The SMILES string of the molecule is Oc1c2c(c(O)n1CCCN1CCN3c4ccccc4OCC3C1)CC(c1ccccc1)=CC2. The van der Waals surface area contributed by atoms with Gasteiger partial charge < -0.3 is 19.8 Å². The van der Waals surface area contributed by atoms with Crippen LogP contribution in [0.2, 0.25) is 0 Å². The van der Waals surface area contributed by atoms with E-state index in [0.717, 1.165) is 56.1 Å². The second kappa shape index (κ2) is 8.76. The van der Waals surface area contributed by atoms with Gasteiger partial charge in [-0.1, -0.05) is 48.5 Å². The lowest BCUT2D eigenvalue weighted by atomic mass is 9.90. The van der Waals surface area contributed by atoms with Crippen LogP contribution in [0.15, 0.2) is 60.7 Å². The van der Waals surface area contributed by atoms with Crippen molar-refractivity contribution >= 4 is 11.3 Å². The molecule has 0 saturated carbocycles. The molecule has 1 saturated heterocycles. The Labute approximate surface area is 200 Å². The lowest BCUT2D eigenvalue weighted by Gasteiger charge is -2.45. The summed E-state index contributed by atoms with van der Waals surface area (Å²) in [6, 6.07) is 18.9. The normalized spacial score (nSPS) is 19.6. The molecule has 2 N–H and O–H groups in total. The Hall–Kier alpha value is -3.38. The molecule has 3 heterocycles. The number of piperazine rings is 1. The molecule has 1 atom stereocenters. The molecule has 1 aliphatic carbocycles. The van der Waals surface area contributed by atoms with Crippen LogP contribution in [0.25, 0.3) is 5.57 Å². The summed E-state index contributed by atoms with van der Waals surface area (Å²) < 4.78 is 7.69. The number of rotatable bonds is 5. The summed E-state index contributed by atoms with van der Waals surface area (Å²) in [5, 5.41) is 21.8. The highest BCUT2D eigenvalue weighted by Gasteiger charge is 2.32. The first-order chi connectivity index (χ1) is 16.7. The summed E-state index contributed by atoms with van der Waals surface area (Å²) in [6.45, 7) is 5.23. The third kappa shape index (κ3) is 3.72. The van der Waals surface area contributed by atoms with Gasteiger partial charge in [-0.15, -0.1) is 0 Å². The Balaban J connectivity index is 1.08. The van der Waals surface area contributed by atoms with Gasteiger partial charge in [0.25, 0.3) is 0 Å². The predicted octanol–water partition coefficient (Wildman–Crippen LogP) is 4.05. The van der Waals surface area contributed by atoms with Gasteiger partial charge in [-0.2, -0.15) is 0 Å². The second-order valence-electron chi connectivity index (χ2n) is 9.51. The van der Waals surface area contributed by atoms with Crippen molar-refractivity contribution in [3.63, 3.8) is 0 Å². The average molecular weight is 458 g/mol. The van der Waals surface area contributed by atoms with Gasteiger partial charge in [-0.3, -0.25) is 9.47 Å². The summed E-state index contributed by atoms with van der Waals surface area (Å²) >= 11 is 0. The topological polar surface area (TPSA) is 61.1 Å². The lowest BCUT2D eigenvalue weighted by molar-refractivity contribution is 0.164. The van der Waals surface area contributed by atoms with Crippen LogP contribution >= 0.6 is 0 Å². The van der Waals surface area contributed by atoms with E-state index < -0.39 is 0 Å². The second-order valence-corrected chi connectivity index (χ2v) is 9.51. The van der Waals surface area contributed by atoms with Gasteiger partial charge in [0.2, 0.25) is 0 Å². The fourth-order valence-electron chi connectivity index (χ4n) is 5.71.